The zero-order valence-corrected chi connectivity index (χ0v) is 18.8. The molecule has 1 aromatic heterocycles. The maximum Gasteiger partial charge on any atom is 0.191 e. The number of piperidine rings is 1. The van der Waals surface area contributed by atoms with Crippen molar-refractivity contribution in [2.24, 2.45) is 10.9 Å². The first-order valence-electron chi connectivity index (χ1n) is 9.77. The van der Waals surface area contributed by atoms with Crippen molar-refractivity contribution in [1.82, 2.24) is 10.6 Å². The summed E-state index contributed by atoms with van der Waals surface area (Å²) < 4.78 is 5.35. The van der Waals surface area contributed by atoms with Crippen LogP contribution in [-0.2, 0) is 13.1 Å². The number of benzene rings is 1. The summed E-state index contributed by atoms with van der Waals surface area (Å²) in [6, 6.07) is 12.5. The molecule has 0 saturated carbocycles. The van der Waals surface area contributed by atoms with Crippen LogP contribution in [0, 0.1) is 5.92 Å². The molecule has 6 nitrogen and oxygen atoms in total. The van der Waals surface area contributed by atoms with E-state index in [0.717, 1.165) is 44.2 Å². The molecule has 7 heteroatoms. The topological polar surface area (TPSA) is 73.0 Å². The predicted molar refractivity (Wildman–Crippen MR) is 124 cm³/mol. The molecule has 0 radical (unpaired) electrons. The SMILES string of the molecule is CCNC(=NCc1ccc(N2CCC(CO)CC2)cc1)NCc1ccco1.I. The first-order chi connectivity index (χ1) is 13.3. The Kier molecular flexibility index (Phi) is 9.63. The zero-order chi connectivity index (χ0) is 18.9. The van der Waals surface area contributed by atoms with Crippen molar-refractivity contribution in [2.75, 3.05) is 31.1 Å². The quantitative estimate of drug-likeness (QED) is 0.310. The Morgan fingerprint density at radius 2 is 1.93 bits per heavy atom. The molecule has 1 aliphatic rings. The minimum atomic E-state index is 0. The number of halogens is 1. The Labute approximate surface area is 184 Å². The molecule has 28 heavy (non-hydrogen) atoms. The van der Waals surface area contributed by atoms with E-state index in [1.54, 1.807) is 6.26 Å². The Morgan fingerprint density at radius 3 is 2.54 bits per heavy atom. The molecule has 1 fully saturated rings. The molecule has 1 aromatic carbocycles. The summed E-state index contributed by atoms with van der Waals surface area (Å²) in [4.78, 5) is 7.05. The highest BCUT2D eigenvalue weighted by Gasteiger charge is 2.18. The summed E-state index contributed by atoms with van der Waals surface area (Å²) in [6.07, 6.45) is 3.81. The predicted octanol–water partition coefficient (Wildman–Crippen LogP) is 3.36. The zero-order valence-electron chi connectivity index (χ0n) is 16.4. The number of hydrogen-bond acceptors (Lipinski definition) is 4. The van der Waals surface area contributed by atoms with Gasteiger partial charge < -0.3 is 25.1 Å². The van der Waals surface area contributed by atoms with Crippen LogP contribution in [0.15, 0.2) is 52.1 Å². The monoisotopic (exact) mass is 498 g/mol. The fourth-order valence-corrected chi connectivity index (χ4v) is 3.28. The van der Waals surface area contributed by atoms with Crippen LogP contribution >= 0.6 is 24.0 Å². The second kappa shape index (κ2) is 12.0. The number of aliphatic hydroxyl groups excluding tert-OH is 1. The maximum atomic E-state index is 9.27. The van der Waals surface area contributed by atoms with Crippen LogP contribution < -0.4 is 15.5 Å². The van der Waals surface area contributed by atoms with Crippen molar-refractivity contribution in [3.8, 4) is 0 Å². The molecule has 0 unspecified atom stereocenters. The second-order valence-electron chi connectivity index (χ2n) is 6.91. The lowest BCUT2D eigenvalue weighted by Crippen LogP contribution is -2.36. The summed E-state index contributed by atoms with van der Waals surface area (Å²) in [5, 5.41) is 15.8. The highest BCUT2D eigenvalue weighted by molar-refractivity contribution is 14.0. The number of rotatable bonds is 7. The Balaban J connectivity index is 0.00000280. The molecule has 1 saturated heterocycles. The van der Waals surface area contributed by atoms with Crippen LogP contribution in [0.1, 0.15) is 31.1 Å². The van der Waals surface area contributed by atoms with Crippen molar-refractivity contribution in [3.05, 3.63) is 54.0 Å². The van der Waals surface area contributed by atoms with Gasteiger partial charge in [-0.3, -0.25) is 0 Å². The smallest absolute Gasteiger partial charge is 0.191 e. The molecule has 2 heterocycles. The van der Waals surface area contributed by atoms with E-state index in [2.05, 4.69) is 51.7 Å². The van der Waals surface area contributed by atoms with Crippen LogP contribution in [0.4, 0.5) is 5.69 Å². The molecular weight excluding hydrogens is 467 g/mol. The molecule has 0 atom stereocenters. The Bertz CT molecular complexity index is 696. The summed E-state index contributed by atoms with van der Waals surface area (Å²) in [6.45, 7) is 6.45. The van der Waals surface area contributed by atoms with Crippen LogP contribution in [0.5, 0.6) is 0 Å². The highest BCUT2D eigenvalue weighted by Crippen LogP contribution is 2.23. The lowest BCUT2D eigenvalue weighted by molar-refractivity contribution is 0.203. The number of nitrogens with zero attached hydrogens (tertiary/aromatic N) is 2. The van der Waals surface area contributed by atoms with Gasteiger partial charge in [0.05, 0.1) is 19.4 Å². The molecule has 154 valence electrons. The number of anilines is 1. The molecule has 0 amide bonds. The van der Waals surface area contributed by atoms with Gasteiger partial charge in [0, 0.05) is 31.9 Å². The summed E-state index contributed by atoms with van der Waals surface area (Å²) in [5.74, 6) is 2.13. The average Bonchev–Trinajstić information content (AvgIpc) is 3.24. The van der Waals surface area contributed by atoms with E-state index in [0.29, 0.717) is 25.6 Å². The second-order valence-corrected chi connectivity index (χ2v) is 6.91. The first kappa shape index (κ1) is 22.5. The minimum Gasteiger partial charge on any atom is -0.467 e. The molecule has 2 aromatic rings. The largest absolute Gasteiger partial charge is 0.467 e. The molecule has 3 rings (SSSR count). The number of furan rings is 1. The van der Waals surface area contributed by atoms with Crippen LogP contribution in [0.2, 0.25) is 0 Å². The lowest BCUT2D eigenvalue weighted by Gasteiger charge is -2.32. The summed E-state index contributed by atoms with van der Waals surface area (Å²) in [5.41, 5.74) is 2.43. The van der Waals surface area contributed by atoms with Crippen molar-refractivity contribution in [1.29, 1.82) is 0 Å². The first-order valence-corrected chi connectivity index (χ1v) is 9.77. The van der Waals surface area contributed by atoms with Gasteiger partial charge in [-0.1, -0.05) is 12.1 Å². The van der Waals surface area contributed by atoms with E-state index in [-0.39, 0.29) is 24.0 Å². The van der Waals surface area contributed by atoms with Crippen LogP contribution in [0.25, 0.3) is 0 Å². The normalized spacial score (nSPS) is 15.2. The standard InChI is InChI=1S/C21H30N4O2.HI/c1-2-22-21(24-15-20-4-3-13-27-20)23-14-17-5-7-19(8-6-17)25-11-9-18(16-26)10-12-25;/h3-8,13,18,26H,2,9-12,14-16H2,1H3,(H2,22,23,24);1H. The number of aliphatic imine (C=N–C) groups is 1. The van der Waals surface area contributed by atoms with Gasteiger partial charge in [-0.15, -0.1) is 24.0 Å². The average molecular weight is 498 g/mol. The van der Waals surface area contributed by atoms with E-state index >= 15 is 0 Å². The van der Waals surface area contributed by atoms with E-state index < -0.39 is 0 Å². The Hall–Kier alpha value is -1.74. The van der Waals surface area contributed by atoms with Crippen LogP contribution in [-0.4, -0.2) is 37.3 Å². The molecule has 0 spiro atoms. The third-order valence-corrected chi connectivity index (χ3v) is 4.95. The number of guanidine groups is 1. The van der Waals surface area contributed by atoms with Crippen molar-refractivity contribution in [3.63, 3.8) is 0 Å². The highest BCUT2D eigenvalue weighted by atomic mass is 127. The Morgan fingerprint density at radius 1 is 1.18 bits per heavy atom. The van der Waals surface area contributed by atoms with Crippen LogP contribution in [0.3, 0.4) is 0 Å². The van der Waals surface area contributed by atoms with Gasteiger partial charge in [0.1, 0.15) is 5.76 Å². The third-order valence-electron chi connectivity index (χ3n) is 4.95. The van der Waals surface area contributed by atoms with Gasteiger partial charge in [-0.2, -0.15) is 0 Å². The maximum absolute atomic E-state index is 9.27. The van der Waals surface area contributed by atoms with Crippen molar-refractivity contribution < 1.29 is 9.52 Å². The van der Waals surface area contributed by atoms with E-state index in [9.17, 15) is 5.11 Å². The number of aliphatic hydroxyl groups is 1. The fraction of sp³-hybridized carbons (Fsp3) is 0.476. The van der Waals surface area contributed by atoms with Gasteiger partial charge in [-0.05, 0) is 55.5 Å². The van der Waals surface area contributed by atoms with Gasteiger partial charge in [0.15, 0.2) is 5.96 Å². The van der Waals surface area contributed by atoms with Crippen molar-refractivity contribution in [2.45, 2.75) is 32.9 Å². The summed E-state index contributed by atoms with van der Waals surface area (Å²) >= 11 is 0. The van der Waals surface area contributed by atoms with E-state index in [1.807, 2.05) is 12.1 Å². The van der Waals surface area contributed by atoms with Crippen molar-refractivity contribution >= 4 is 35.6 Å². The van der Waals surface area contributed by atoms with E-state index in [4.69, 9.17) is 4.42 Å². The molecular formula is C21H31IN4O2. The summed E-state index contributed by atoms with van der Waals surface area (Å²) in [7, 11) is 0. The lowest BCUT2D eigenvalue weighted by atomic mass is 9.97. The fourth-order valence-electron chi connectivity index (χ4n) is 3.28. The van der Waals surface area contributed by atoms with Gasteiger partial charge in [0.2, 0.25) is 0 Å². The minimum absolute atomic E-state index is 0. The molecule has 3 N–H and O–H groups in total. The van der Waals surface area contributed by atoms with E-state index in [1.165, 1.54) is 11.3 Å². The van der Waals surface area contributed by atoms with Gasteiger partial charge >= 0.3 is 0 Å². The molecule has 1 aliphatic heterocycles. The van der Waals surface area contributed by atoms with Gasteiger partial charge in [0.25, 0.3) is 0 Å². The molecule has 0 bridgehead atoms. The third kappa shape index (κ3) is 6.70. The van der Waals surface area contributed by atoms with Gasteiger partial charge in [-0.25, -0.2) is 4.99 Å². The number of hydrogen-bond donors (Lipinski definition) is 3. The molecule has 0 aliphatic carbocycles. The number of nitrogens with one attached hydrogen (secondary N) is 2.